The summed E-state index contributed by atoms with van der Waals surface area (Å²) in [4.78, 5) is 26.7. The Bertz CT molecular complexity index is 529. The van der Waals surface area contributed by atoms with Crippen LogP contribution in [-0.4, -0.2) is 54.0 Å². The van der Waals surface area contributed by atoms with Gasteiger partial charge in [0.15, 0.2) is 0 Å². The van der Waals surface area contributed by atoms with E-state index in [4.69, 9.17) is 5.73 Å². The fraction of sp³-hybridized carbons (Fsp3) is 0.429. The lowest BCUT2D eigenvalue weighted by atomic mass is 10.2. The van der Waals surface area contributed by atoms with Gasteiger partial charge in [0.2, 0.25) is 5.91 Å². The van der Waals surface area contributed by atoms with Gasteiger partial charge in [-0.15, -0.1) is 0 Å². The van der Waals surface area contributed by atoms with Gasteiger partial charge >= 0.3 is 6.03 Å². The standard InChI is InChI=1S/C14H19FN4O2/c1-10(13(16)20)18-6-8-19(9-7-18)14(21)17-12-5-3-2-4-11(12)15/h2-5,10H,6-9H2,1H3,(H2,16,20)(H,17,21)/t10-/m1/s1. The average Bonchev–Trinajstić information content (AvgIpc) is 2.49. The third-order valence-electron chi connectivity index (χ3n) is 3.68. The van der Waals surface area contributed by atoms with Crippen molar-refractivity contribution >= 4 is 17.6 Å². The minimum absolute atomic E-state index is 0.162. The van der Waals surface area contributed by atoms with Gasteiger partial charge in [-0.05, 0) is 19.1 Å². The van der Waals surface area contributed by atoms with E-state index in [9.17, 15) is 14.0 Å². The molecule has 0 spiro atoms. The van der Waals surface area contributed by atoms with E-state index in [1.165, 1.54) is 12.1 Å². The van der Waals surface area contributed by atoms with Crippen LogP contribution in [0, 0.1) is 5.82 Å². The van der Waals surface area contributed by atoms with Crippen LogP contribution in [0.2, 0.25) is 0 Å². The molecule has 6 nitrogen and oxygen atoms in total. The number of anilines is 1. The van der Waals surface area contributed by atoms with Crippen molar-refractivity contribution in [3.8, 4) is 0 Å². The largest absolute Gasteiger partial charge is 0.368 e. The molecule has 1 aliphatic heterocycles. The summed E-state index contributed by atoms with van der Waals surface area (Å²) in [7, 11) is 0. The van der Waals surface area contributed by atoms with Crippen molar-refractivity contribution in [3.63, 3.8) is 0 Å². The van der Waals surface area contributed by atoms with Gasteiger partial charge in [-0.25, -0.2) is 9.18 Å². The molecule has 0 radical (unpaired) electrons. The summed E-state index contributed by atoms with van der Waals surface area (Å²) in [6.07, 6.45) is 0. The zero-order chi connectivity index (χ0) is 15.4. The van der Waals surface area contributed by atoms with Crippen molar-refractivity contribution in [2.24, 2.45) is 5.73 Å². The molecule has 0 aromatic heterocycles. The molecule has 0 unspecified atom stereocenters. The Hall–Kier alpha value is -2.15. The third kappa shape index (κ3) is 3.69. The van der Waals surface area contributed by atoms with Crippen LogP contribution in [0.1, 0.15) is 6.92 Å². The van der Waals surface area contributed by atoms with E-state index in [-0.39, 0.29) is 23.7 Å². The molecule has 1 heterocycles. The van der Waals surface area contributed by atoms with Crippen molar-refractivity contribution in [3.05, 3.63) is 30.1 Å². The number of nitrogens with two attached hydrogens (primary N) is 1. The number of amides is 3. The number of primary amides is 1. The number of benzene rings is 1. The lowest BCUT2D eigenvalue weighted by Gasteiger charge is -2.36. The van der Waals surface area contributed by atoms with E-state index < -0.39 is 5.82 Å². The number of nitrogens with one attached hydrogen (secondary N) is 1. The molecule has 7 heteroatoms. The highest BCUT2D eigenvalue weighted by Crippen LogP contribution is 2.14. The third-order valence-corrected chi connectivity index (χ3v) is 3.68. The number of carbonyl (C=O) groups is 2. The van der Waals surface area contributed by atoms with E-state index in [0.29, 0.717) is 26.2 Å². The Morgan fingerprint density at radius 3 is 2.43 bits per heavy atom. The van der Waals surface area contributed by atoms with Crippen LogP contribution in [0.5, 0.6) is 0 Å². The van der Waals surface area contributed by atoms with Gasteiger partial charge in [0.05, 0.1) is 11.7 Å². The summed E-state index contributed by atoms with van der Waals surface area (Å²) in [6.45, 7) is 3.82. The van der Waals surface area contributed by atoms with Crippen LogP contribution in [0.3, 0.4) is 0 Å². The van der Waals surface area contributed by atoms with Gasteiger partial charge in [-0.2, -0.15) is 0 Å². The van der Waals surface area contributed by atoms with Crippen LogP contribution < -0.4 is 11.1 Å². The van der Waals surface area contributed by atoms with Crippen molar-refractivity contribution in [2.45, 2.75) is 13.0 Å². The molecular formula is C14H19FN4O2. The Balaban J connectivity index is 1.89. The molecule has 0 aliphatic carbocycles. The van der Waals surface area contributed by atoms with Crippen molar-refractivity contribution in [1.29, 1.82) is 0 Å². The average molecular weight is 294 g/mol. The molecule has 1 aromatic carbocycles. The van der Waals surface area contributed by atoms with E-state index in [0.717, 1.165) is 0 Å². The first-order chi connectivity index (χ1) is 9.99. The van der Waals surface area contributed by atoms with E-state index >= 15 is 0 Å². The monoisotopic (exact) mass is 294 g/mol. The summed E-state index contributed by atoms with van der Waals surface area (Å²) >= 11 is 0. The summed E-state index contributed by atoms with van der Waals surface area (Å²) in [6, 6.07) is 5.34. The Kier molecular flexibility index (Phi) is 4.74. The Morgan fingerprint density at radius 1 is 1.24 bits per heavy atom. The molecule has 1 aliphatic rings. The highest BCUT2D eigenvalue weighted by molar-refractivity contribution is 5.89. The Labute approximate surface area is 122 Å². The number of hydrogen-bond acceptors (Lipinski definition) is 3. The number of halogens is 1. The summed E-state index contributed by atoms with van der Waals surface area (Å²) in [5, 5.41) is 2.55. The van der Waals surface area contributed by atoms with Crippen LogP contribution in [0.4, 0.5) is 14.9 Å². The zero-order valence-electron chi connectivity index (χ0n) is 11.9. The van der Waals surface area contributed by atoms with Crippen molar-refractivity contribution in [1.82, 2.24) is 9.80 Å². The molecular weight excluding hydrogens is 275 g/mol. The fourth-order valence-electron chi connectivity index (χ4n) is 2.25. The normalized spacial score (nSPS) is 17.3. The summed E-state index contributed by atoms with van der Waals surface area (Å²) < 4.78 is 13.5. The molecule has 0 saturated carbocycles. The minimum Gasteiger partial charge on any atom is -0.368 e. The van der Waals surface area contributed by atoms with E-state index in [1.54, 1.807) is 24.0 Å². The number of carbonyl (C=O) groups excluding carboxylic acids is 2. The number of urea groups is 1. The molecule has 0 bridgehead atoms. The van der Waals surface area contributed by atoms with Gasteiger partial charge in [0.1, 0.15) is 5.82 Å². The maximum Gasteiger partial charge on any atom is 0.322 e. The second kappa shape index (κ2) is 6.53. The van der Waals surface area contributed by atoms with Crippen LogP contribution >= 0.6 is 0 Å². The van der Waals surface area contributed by atoms with Crippen LogP contribution in [-0.2, 0) is 4.79 Å². The predicted octanol–water partition coefficient (Wildman–Crippen LogP) is 0.849. The predicted molar refractivity (Wildman–Crippen MR) is 77.2 cm³/mol. The highest BCUT2D eigenvalue weighted by atomic mass is 19.1. The van der Waals surface area contributed by atoms with Gasteiger partial charge in [-0.3, -0.25) is 9.69 Å². The highest BCUT2D eigenvalue weighted by Gasteiger charge is 2.26. The zero-order valence-corrected chi connectivity index (χ0v) is 11.9. The molecule has 1 fully saturated rings. The smallest absolute Gasteiger partial charge is 0.322 e. The molecule has 3 amide bonds. The maximum absolute atomic E-state index is 13.5. The lowest BCUT2D eigenvalue weighted by Crippen LogP contribution is -2.55. The topological polar surface area (TPSA) is 78.7 Å². The molecule has 21 heavy (non-hydrogen) atoms. The summed E-state index contributed by atoms with van der Waals surface area (Å²) in [5.74, 6) is -0.842. The second-order valence-corrected chi connectivity index (χ2v) is 5.01. The number of piperazine rings is 1. The number of para-hydroxylation sites is 1. The fourth-order valence-corrected chi connectivity index (χ4v) is 2.25. The van der Waals surface area contributed by atoms with Crippen LogP contribution in [0.25, 0.3) is 0 Å². The SMILES string of the molecule is C[C@H](C(N)=O)N1CCN(C(=O)Nc2ccccc2F)CC1. The number of hydrogen-bond donors (Lipinski definition) is 2. The quantitative estimate of drug-likeness (QED) is 0.867. The molecule has 114 valence electrons. The van der Waals surface area contributed by atoms with Gasteiger partial charge < -0.3 is 16.0 Å². The van der Waals surface area contributed by atoms with Gasteiger partial charge in [0, 0.05) is 26.2 Å². The molecule has 1 aromatic rings. The minimum atomic E-state index is -0.466. The van der Waals surface area contributed by atoms with Gasteiger partial charge in [-0.1, -0.05) is 12.1 Å². The van der Waals surface area contributed by atoms with Gasteiger partial charge in [0.25, 0.3) is 0 Å². The summed E-state index contributed by atoms with van der Waals surface area (Å²) in [5.41, 5.74) is 5.43. The first-order valence-corrected chi connectivity index (χ1v) is 6.83. The van der Waals surface area contributed by atoms with Crippen LogP contribution in [0.15, 0.2) is 24.3 Å². The maximum atomic E-state index is 13.5. The Morgan fingerprint density at radius 2 is 1.86 bits per heavy atom. The number of rotatable bonds is 3. The molecule has 1 atom stereocenters. The molecule has 2 rings (SSSR count). The molecule has 1 saturated heterocycles. The second-order valence-electron chi connectivity index (χ2n) is 5.01. The first kappa shape index (κ1) is 15.2. The number of nitrogens with zero attached hydrogens (tertiary/aromatic N) is 2. The van der Waals surface area contributed by atoms with Crippen molar-refractivity contribution in [2.75, 3.05) is 31.5 Å². The van der Waals surface area contributed by atoms with E-state index in [1.807, 2.05) is 4.90 Å². The lowest BCUT2D eigenvalue weighted by molar-refractivity contribution is -0.123. The molecule has 3 N–H and O–H groups in total. The van der Waals surface area contributed by atoms with E-state index in [2.05, 4.69) is 5.32 Å². The van der Waals surface area contributed by atoms with Crippen molar-refractivity contribution < 1.29 is 14.0 Å². The first-order valence-electron chi connectivity index (χ1n) is 6.83.